The van der Waals surface area contributed by atoms with Gasteiger partial charge in [0.1, 0.15) is 5.75 Å². The van der Waals surface area contributed by atoms with E-state index in [1.54, 1.807) is 18.1 Å². The summed E-state index contributed by atoms with van der Waals surface area (Å²) in [4.78, 5) is 14.0. The summed E-state index contributed by atoms with van der Waals surface area (Å²) in [6, 6.07) is 3.98. The zero-order valence-corrected chi connectivity index (χ0v) is 13.2. The van der Waals surface area contributed by atoms with E-state index in [-0.39, 0.29) is 12.3 Å². The van der Waals surface area contributed by atoms with E-state index >= 15 is 0 Å². The van der Waals surface area contributed by atoms with Gasteiger partial charge in [0.05, 0.1) is 7.11 Å². The summed E-state index contributed by atoms with van der Waals surface area (Å²) in [5.41, 5.74) is 3.15. The number of nitrogens with zero attached hydrogens (tertiary/aromatic N) is 1. The van der Waals surface area contributed by atoms with Crippen LogP contribution in [0.2, 0.25) is 0 Å². The Morgan fingerprint density at radius 2 is 2.14 bits per heavy atom. The maximum Gasteiger partial charge on any atom is 0.223 e. The van der Waals surface area contributed by atoms with Gasteiger partial charge in [0.2, 0.25) is 5.91 Å². The first-order valence-electron chi connectivity index (χ1n) is 7.48. The molecule has 1 N–H and O–H groups in total. The Kier molecular flexibility index (Phi) is 5.57. The minimum Gasteiger partial charge on any atom is -0.496 e. The van der Waals surface area contributed by atoms with Crippen molar-refractivity contribution in [1.82, 2.24) is 4.90 Å². The van der Waals surface area contributed by atoms with Crippen LogP contribution in [0, 0.1) is 0 Å². The molecule has 0 saturated carbocycles. The molecule has 0 spiro atoms. The van der Waals surface area contributed by atoms with Gasteiger partial charge in [-0.05, 0) is 30.2 Å². The predicted octanol–water partition coefficient (Wildman–Crippen LogP) is 2.32. The molecule has 0 saturated heterocycles. The number of amides is 1. The molecule has 5 nitrogen and oxygen atoms in total. The van der Waals surface area contributed by atoms with Gasteiger partial charge >= 0.3 is 0 Å². The van der Waals surface area contributed by atoms with Crippen LogP contribution in [0.5, 0.6) is 5.75 Å². The lowest BCUT2D eigenvalue weighted by Gasteiger charge is -2.16. The van der Waals surface area contributed by atoms with Crippen LogP contribution in [0.25, 0.3) is 6.08 Å². The number of aliphatic hydroxyl groups is 1. The van der Waals surface area contributed by atoms with Gasteiger partial charge in [-0.3, -0.25) is 4.79 Å². The van der Waals surface area contributed by atoms with Crippen molar-refractivity contribution in [2.24, 2.45) is 0 Å². The zero-order valence-electron chi connectivity index (χ0n) is 13.2. The van der Waals surface area contributed by atoms with Gasteiger partial charge in [-0.15, -0.1) is 0 Å². The fourth-order valence-electron chi connectivity index (χ4n) is 2.64. The number of carbonyl (C=O) groups is 1. The number of aliphatic hydroxyl groups excluding tert-OH is 1. The summed E-state index contributed by atoms with van der Waals surface area (Å²) in [6.45, 7) is 7.20. The Labute approximate surface area is 131 Å². The maximum atomic E-state index is 12.2. The molecule has 1 atom stereocenters. The number of hydrogen-bond acceptors (Lipinski definition) is 4. The van der Waals surface area contributed by atoms with Gasteiger partial charge in [-0.2, -0.15) is 0 Å². The average Bonchev–Trinajstić information content (AvgIpc) is 2.94. The third-order valence-electron chi connectivity index (χ3n) is 3.81. The highest BCUT2D eigenvalue weighted by Gasteiger charge is 2.25. The maximum absolute atomic E-state index is 12.2. The van der Waals surface area contributed by atoms with Crippen LogP contribution in [0.1, 0.15) is 36.5 Å². The van der Waals surface area contributed by atoms with E-state index in [1.807, 2.05) is 19.1 Å². The van der Waals surface area contributed by atoms with E-state index in [1.165, 1.54) is 0 Å². The smallest absolute Gasteiger partial charge is 0.223 e. The molecule has 1 aromatic rings. The van der Waals surface area contributed by atoms with Crippen molar-refractivity contribution in [3.63, 3.8) is 0 Å². The van der Waals surface area contributed by atoms with Crippen molar-refractivity contribution < 1.29 is 19.4 Å². The monoisotopic (exact) mass is 305 g/mol. The molecular weight excluding hydrogens is 282 g/mol. The number of carbonyl (C=O) groups excluding carboxylic acids is 1. The highest BCUT2D eigenvalue weighted by atomic mass is 16.6. The van der Waals surface area contributed by atoms with E-state index in [2.05, 4.69) is 6.58 Å². The second kappa shape index (κ2) is 7.42. The van der Waals surface area contributed by atoms with Crippen LogP contribution in [0.15, 0.2) is 18.7 Å². The molecular formula is C17H23NO4. The molecule has 0 bridgehead atoms. The normalized spacial score (nSPS) is 14.6. The minimum absolute atomic E-state index is 0.0223. The van der Waals surface area contributed by atoms with Crippen molar-refractivity contribution in [1.29, 1.82) is 0 Å². The second-order valence-electron chi connectivity index (χ2n) is 5.27. The van der Waals surface area contributed by atoms with E-state index in [9.17, 15) is 9.90 Å². The third-order valence-corrected chi connectivity index (χ3v) is 3.81. The molecule has 1 aliphatic rings. The molecule has 1 amide bonds. The standard InChI is InChI=1S/C17H23NO4/c1-4-12-8-13-10-18(11-14(13)9-15(12)21-3)16(19)6-7-17(20)22-5-2/h4,8-9,17,20H,1,5-7,10-11H2,2-3H3. The largest absolute Gasteiger partial charge is 0.496 e. The van der Waals surface area contributed by atoms with Crippen molar-refractivity contribution in [2.45, 2.75) is 39.1 Å². The number of methoxy groups -OCH3 is 1. The molecule has 1 heterocycles. The molecule has 2 rings (SSSR count). The van der Waals surface area contributed by atoms with Crippen LogP contribution >= 0.6 is 0 Å². The highest BCUT2D eigenvalue weighted by molar-refractivity contribution is 5.77. The fraction of sp³-hybridized carbons (Fsp3) is 0.471. The topological polar surface area (TPSA) is 59.0 Å². The first-order valence-corrected chi connectivity index (χ1v) is 7.48. The van der Waals surface area contributed by atoms with Gasteiger partial charge in [0.15, 0.2) is 6.29 Å². The van der Waals surface area contributed by atoms with Crippen molar-refractivity contribution in [3.05, 3.63) is 35.4 Å². The molecule has 0 aromatic heterocycles. The Morgan fingerprint density at radius 3 is 2.73 bits per heavy atom. The van der Waals surface area contributed by atoms with Crippen molar-refractivity contribution in [3.8, 4) is 5.75 Å². The zero-order chi connectivity index (χ0) is 16.1. The molecule has 0 aliphatic carbocycles. The molecule has 5 heteroatoms. The van der Waals surface area contributed by atoms with E-state index in [4.69, 9.17) is 9.47 Å². The number of benzene rings is 1. The summed E-state index contributed by atoms with van der Waals surface area (Å²) in [6.07, 6.45) is 1.48. The summed E-state index contributed by atoms with van der Waals surface area (Å²) in [5.74, 6) is 0.795. The van der Waals surface area contributed by atoms with Gasteiger partial charge in [0.25, 0.3) is 0 Å². The lowest BCUT2D eigenvalue weighted by atomic mass is 10.1. The minimum atomic E-state index is -0.869. The number of rotatable bonds is 7. The number of fused-ring (bicyclic) bond motifs is 1. The van der Waals surface area contributed by atoms with Crippen LogP contribution in [0.3, 0.4) is 0 Å². The van der Waals surface area contributed by atoms with Gasteiger partial charge in [-0.25, -0.2) is 0 Å². The van der Waals surface area contributed by atoms with Gasteiger partial charge in [-0.1, -0.05) is 12.7 Å². The molecule has 0 fully saturated rings. The Hall–Kier alpha value is -1.85. The third kappa shape index (κ3) is 3.67. The first kappa shape index (κ1) is 16.5. The van der Waals surface area contributed by atoms with Gasteiger partial charge < -0.3 is 19.5 Å². The van der Waals surface area contributed by atoms with Crippen LogP contribution in [0.4, 0.5) is 0 Å². The van der Waals surface area contributed by atoms with Crippen molar-refractivity contribution in [2.75, 3.05) is 13.7 Å². The summed E-state index contributed by atoms with van der Waals surface area (Å²) < 4.78 is 10.4. The van der Waals surface area contributed by atoms with Gasteiger partial charge in [0, 0.05) is 38.1 Å². The molecule has 0 radical (unpaired) electrons. The van der Waals surface area contributed by atoms with E-state index in [0.29, 0.717) is 26.1 Å². The molecule has 22 heavy (non-hydrogen) atoms. The summed E-state index contributed by atoms with van der Waals surface area (Å²) in [5, 5.41) is 9.53. The second-order valence-corrected chi connectivity index (χ2v) is 5.27. The predicted molar refractivity (Wildman–Crippen MR) is 84.2 cm³/mol. The summed E-state index contributed by atoms with van der Waals surface area (Å²) in [7, 11) is 1.63. The molecule has 1 aromatic carbocycles. The SMILES string of the molecule is C=Cc1cc2c(cc1OC)CN(C(=O)CCC(O)OCC)C2. The lowest BCUT2D eigenvalue weighted by molar-refractivity contribution is -0.137. The van der Waals surface area contributed by atoms with Crippen LogP contribution < -0.4 is 4.74 Å². The quantitative estimate of drug-likeness (QED) is 0.785. The van der Waals surface area contributed by atoms with E-state index in [0.717, 1.165) is 22.4 Å². The van der Waals surface area contributed by atoms with E-state index < -0.39 is 6.29 Å². The molecule has 1 unspecified atom stereocenters. The Balaban J connectivity index is 1.99. The Bertz CT molecular complexity index is 556. The molecule has 1 aliphatic heterocycles. The fourth-order valence-corrected chi connectivity index (χ4v) is 2.64. The average molecular weight is 305 g/mol. The number of ether oxygens (including phenoxy) is 2. The molecule has 120 valence electrons. The highest BCUT2D eigenvalue weighted by Crippen LogP contribution is 2.31. The van der Waals surface area contributed by atoms with Crippen LogP contribution in [-0.4, -0.2) is 35.9 Å². The Morgan fingerprint density at radius 1 is 1.45 bits per heavy atom. The number of hydrogen-bond donors (Lipinski definition) is 1. The lowest BCUT2D eigenvalue weighted by Crippen LogP contribution is -2.26. The summed E-state index contributed by atoms with van der Waals surface area (Å²) >= 11 is 0. The van der Waals surface area contributed by atoms with Crippen LogP contribution in [-0.2, 0) is 22.6 Å². The first-order chi connectivity index (χ1) is 10.6. The van der Waals surface area contributed by atoms with Crippen molar-refractivity contribution >= 4 is 12.0 Å².